The Hall–Kier alpha value is -1.90. The van der Waals surface area contributed by atoms with E-state index >= 15 is 0 Å². The summed E-state index contributed by atoms with van der Waals surface area (Å²) >= 11 is 0. The number of carbonyl (C=O) groups excluding carboxylic acids is 2. The zero-order valence-corrected chi connectivity index (χ0v) is 10.6. The van der Waals surface area contributed by atoms with E-state index in [0.717, 1.165) is 0 Å². The summed E-state index contributed by atoms with van der Waals surface area (Å²) in [6.07, 6.45) is 2.89. The Morgan fingerprint density at radius 1 is 1.32 bits per heavy atom. The van der Waals surface area contributed by atoms with Gasteiger partial charge < -0.3 is 4.74 Å². The molecule has 1 aromatic carbocycles. The lowest BCUT2D eigenvalue weighted by Crippen LogP contribution is -2.35. The fraction of sp³-hybridized carbons (Fsp3) is 0.375. The van der Waals surface area contributed by atoms with Crippen LogP contribution in [0.3, 0.4) is 0 Å². The van der Waals surface area contributed by atoms with E-state index < -0.39 is 0 Å². The summed E-state index contributed by atoms with van der Waals surface area (Å²) in [6.45, 7) is 3.81. The Labute approximate surface area is 112 Å². The average molecular weight is 256 g/mol. The largest absolute Gasteiger partial charge is 0.458 e. The first-order valence-electron chi connectivity index (χ1n) is 6.62. The number of carbonyl (C=O) groups is 2. The highest BCUT2D eigenvalue weighted by Gasteiger charge is 2.53. The van der Waals surface area contributed by atoms with Crippen molar-refractivity contribution in [1.29, 1.82) is 0 Å². The number of esters is 1. The van der Waals surface area contributed by atoms with Crippen LogP contribution in [-0.4, -0.2) is 17.9 Å². The van der Waals surface area contributed by atoms with Crippen molar-refractivity contribution in [3.8, 4) is 0 Å². The first kappa shape index (κ1) is 12.2. The molecule has 0 bridgehead atoms. The number of ether oxygens (including phenoxy) is 1. The van der Waals surface area contributed by atoms with Gasteiger partial charge >= 0.3 is 5.97 Å². The Kier molecular flexibility index (Phi) is 2.97. The highest BCUT2D eigenvalue weighted by atomic mass is 16.5. The smallest absolute Gasteiger partial charge is 0.338 e. The predicted octanol–water partition coefficient (Wildman–Crippen LogP) is 2.62. The molecule has 0 aromatic heterocycles. The zero-order valence-electron chi connectivity index (χ0n) is 10.6. The molecule has 2 aliphatic carbocycles. The summed E-state index contributed by atoms with van der Waals surface area (Å²) in [6, 6.07) is 8.95. The molecule has 0 heterocycles. The topological polar surface area (TPSA) is 43.4 Å². The van der Waals surface area contributed by atoms with Crippen LogP contribution in [0.1, 0.15) is 23.2 Å². The van der Waals surface area contributed by atoms with Gasteiger partial charge in [0.05, 0.1) is 5.56 Å². The highest BCUT2D eigenvalue weighted by molar-refractivity contribution is 5.90. The van der Waals surface area contributed by atoms with E-state index in [4.69, 9.17) is 4.74 Å². The minimum atomic E-state index is -0.314. The normalized spacial score (nSPS) is 32.3. The summed E-state index contributed by atoms with van der Waals surface area (Å²) < 4.78 is 5.57. The van der Waals surface area contributed by atoms with E-state index in [1.807, 2.05) is 24.3 Å². The first-order chi connectivity index (χ1) is 9.20. The third-order valence-corrected chi connectivity index (χ3v) is 4.32. The maximum absolute atomic E-state index is 12.0. The quantitative estimate of drug-likeness (QED) is 0.616. The molecule has 3 rings (SSSR count). The van der Waals surface area contributed by atoms with Crippen LogP contribution < -0.4 is 0 Å². The summed E-state index contributed by atoms with van der Waals surface area (Å²) in [5.41, 5.74) is 0.552. The molecule has 1 aromatic rings. The van der Waals surface area contributed by atoms with E-state index in [9.17, 15) is 9.59 Å². The number of Topliss-reactive ketones (excluding diaryl/α,β-unsaturated/α-hetero) is 1. The number of ketones is 1. The molecule has 0 N–H and O–H groups in total. The van der Waals surface area contributed by atoms with Gasteiger partial charge in [0.1, 0.15) is 11.9 Å². The Morgan fingerprint density at radius 2 is 2.05 bits per heavy atom. The van der Waals surface area contributed by atoms with E-state index in [-0.39, 0.29) is 23.9 Å². The van der Waals surface area contributed by atoms with Crippen molar-refractivity contribution in [1.82, 2.24) is 0 Å². The van der Waals surface area contributed by atoms with Crippen LogP contribution in [0.4, 0.5) is 0 Å². The van der Waals surface area contributed by atoms with Crippen LogP contribution in [0.5, 0.6) is 0 Å². The maximum atomic E-state index is 12.0. The minimum Gasteiger partial charge on any atom is -0.458 e. The predicted molar refractivity (Wildman–Crippen MR) is 70.6 cm³/mol. The lowest BCUT2D eigenvalue weighted by molar-refractivity contribution is -0.133. The lowest BCUT2D eigenvalue weighted by atomic mass is 9.71. The van der Waals surface area contributed by atoms with Crippen molar-refractivity contribution in [3.05, 3.63) is 48.6 Å². The molecule has 0 amide bonds. The number of fused-ring (bicyclic) bond motifs is 1. The van der Waals surface area contributed by atoms with Crippen LogP contribution >= 0.6 is 0 Å². The molecular weight excluding hydrogens is 240 g/mol. The molecule has 98 valence electrons. The molecule has 2 saturated carbocycles. The summed E-state index contributed by atoms with van der Waals surface area (Å²) in [5.74, 6) is 0.520. The Bertz CT molecular complexity index is 520. The Balaban J connectivity index is 1.71. The van der Waals surface area contributed by atoms with Gasteiger partial charge in [-0.2, -0.15) is 0 Å². The third-order valence-electron chi connectivity index (χ3n) is 4.32. The summed E-state index contributed by atoms with van der Waals surface area (Å²) in [4.78, 5) is 23.5. The van der Waals surface area contributed by atoms with Crippen molar-refractivity contribution in [2.75, 3.05) is 0 Å². The lowest BCUT2D eigenvalue weighted by Gasteiger charge is -2.30. The molecule has 3 nitrogen and oxygen atoms in total. The molecule has 0 aliphatic heterocycles. The molecule has 4 atom stereocenters. The highest BCUT2D eigenvalue weighted by Crippen LogP contribution is 2.49. The molecule has 0 saturated heterocycles. The van der Waals surface area contributed by atoms with Gasteiger partial charge in [0.2, 0.25) is 0 Å². The van der Waals surface area contributed by atoms with Gasteiger partial charge in [0, 0.05) is 18.3 Å². The van der Waals surface area contributed by atoms with Crippen molar-refractivity contribution in [2.24, 2.45) is 17.8 Å². The summed E-state index contributed by atoms with van der Waals surface area (Å²) in [7, 11) is 0. The van der Waals surface area contributed by atoms with E-state index in [1.165, 1.54) is 0 Å². The van der Waals surface area contributed by atoms with Gasteiger partial charge in [0.15, 0.2) is 0 Å². The average Bonchev–Trinajstić information content (AvgIpc) is 2.72. The number of hydrogen-bond acceptors (Lipinski definition) is 3. The monoisotopic (exact) mass is 256 g/mol. The van der Waals surface area contributed by atoms with E-state index in [2.05, 4.69) is 6.58 Å². The maximum Gasteiger partial charge on any atom is 0.338 e. The van der Waals surface area contributed by atoms with Gasteiger partial charge in [-0.15, -0.1) is 6.58 Å². The molecule has 19 heavy (non-hydrogen) atoms. The molecular formula is C16H16O3. The van der Waals surface area contributed by atoms with Gasteiger partial charge in [-0.25, -0.2) is 4.79 Å². The standard InChI is InChI=1S/C16H16O3/c1-2-11-12-8-14(17)13(12)9-15(11)19-16(18)10-6-4-3-5-7-10/h2-7,11-13,15H,1,8-9H2/t11-,12+,13-,15+/m0/s1. The second-order valence-electron chi connectivity index (χ2n) is 5.30. The fourth-order valence-corrected chi connectivity index (χ4v) is 3.23. The second kappa shape index (κ2) is 4.65. The van der Waals surface area contributed by atoms with Crippen LogP contribution in [0.2, 0.25) is 0 Å². The van der Waals surface area contributed by atoms with Crippen molar-refractivity contribution in [2.45, 2.75) is 18.9 Å². The molecule has 0 radical (unpaired) electrons. The Morgan fingerprint density at radius 3 is 2.68 bits per heavy atom. The van der Waals surface area contributed by atoms with Gasteiger partial charge in [-0.05, 0) is 24.5 Å². The van der Waals surface area contributed by atoms with Gasteiger partial charge in [-0.3, -0.25) is 4.79 Å². The molecule has 0 unspecified atom stereocenters. The van der Waals surface area contributed by atoms with Gasteiger partial charge in [-0.1, -0.05) is 24.3 Å². The summed E-state index contributed by atoms with van der Waals surface area (Å²) in [5, 5.41) is 0. The van der Waals surface area contributed by atoms with Crippen molar-refractivity contribution < 1.29 is 14.3 Å². The van der Waals surface area contributed by atoms with Crippen LogP contribution in [0.15, 0.2) is 43.0 Å². The fourth-order valence-electron chi connectivity index (χ4n) is 3.23. The molecule has 2 aliphatic rings. The van der Waals surface area contributed by atoms with Crippen molar-refractivity contribution in [3.63, 3.8) is 0 Å². The SMILES string of the molecule is C=C[C@H]1[C@H]2CC(=O)[C@H]2C[C@H]1OC(=O)c1ccccc1. The first-order valence-corrected chi connectivity index (χ1v) is 6.62. The van der Waals surface area contributed by atoms with E-state index in [0.29, 0.717) is 30.1 Å². The van der Waals surface area contributed by atoms with Crippen LogP contribution in [0.25, 0.3) is 0 Å². The number of rotatable bonds is 3. The molecule has 3 heteroatoms. The third kappa shape index (κ3) is 1.99. The van der Waals surface area contributed by atoms with Crippen molar-refractivity contribution >= 4 is 11.8 Å². The van der Waals surface area contributed by atoms with E-state index in [1.54, 1.807) is 12.1 Å². The molecule has 2 fully saturated rings. The second-order valence-corrected chi connectivity index (χ2v) is 5.30. The minimum absolute atomic E-state index is 0.0802. The number of hydrogen-bond donors (Lipinski definition) is 0. The zero-order chi connectivity index (χ0) is 13.4. The van der Waals surface area contributed by atoms with Crippen LogP contribution in [-0.2, 0) is 9.53 Å². The molecule has 0 spiro atoms. The van der Waals surface area contributed by atoms with Crippen LogP contribution in [0, 0.1) is 17.8 Å². The van der Waals surface area contributed by atoms with Gasteiger partial charge in [0.25, 0.3) is 0 Å². The number of benzene rings is 1.